The molecule has 1 aromatic carbocycles. The second-order valence-electron chi connectivity index (χ2n) is 3.01. The first kappa shape index (κ1) is 15.4. The molecule has 0 aliphatic carbocycles. The third kappa shape index (κ3) is 8.24. The summed E-state index contributed by atoms with van der Waals surface area (Å²) in [5.74, 6) is 0.752. The second-order valence-corrected chi connectivity index (χ2v) is 3.01. The van der Waals surface area contributed by atoms with Crippen molar-refractivity contribution in [1.29, 1.82) is 0 Å². The van der Waals surface area contributed by atoms with Crippen molar-refractivity contribution in [1.82, 2.24) is 0 Å². The first-order chi connectivity index (χ1) is 5.79. The van der Waals surface area contributed by atoms with E-state index in [9.17, 15) is 0 Å². The second kappa shape index (κ2) is 9.99. The van der Waals surface area contributed by atoms with E-state index in [-0.39, 0.29) is 21.1 Å². The van der Waals surface area contributed by atoms with Crippen molar-refractivity contribution in [3.63, 3.8) is 0 Å². The average Bonchev–Trinajstić information content (AvgIpc) is 2.08. The molecule has 0 heterocycles. The number of hydrogen-bond donors (Lipinski definition) is 0. The predicted octanol–water partition coefficient (Wildman–Crippen LogP) is 3.52. The summed E-state index contributed by atoms with van der Waals surface area (Å²) in [6, 6.07) is 11.2. The minimum atomic E-state index is 0. The van der Waals surface area contributed by atoms with Gasteiger partial charge in [0.2, 0.25) is 0 Å². The summed E-state index contributed by atoms with van der Waals surface area (Å²) >= 11 is 0. The van der Waals surface area contributed by atoms with Gasteiger partial charge in [-0.2, -0.15) is 42.8 Å². The Morgan fingerprint density at radius 2 is 1.69 bits per heavy atom. The maximum atomic E-state index is 3.25. The van der Waals surface area contributed by atoms with E-state index in [0.717, 1.165) is 5.92 Å². The van der Waals surface area contributed by atoms with Crippen molar-refractivity contribution in [2.45, 2.75) is 27.2 Å². The Morgan fingerprint density at radius 3 is 2.08 bits per heavy atom. The summed E-state index contributed by atoms with van der Waals surface area (Å²) in [6.45, 7) is 9.47. The summed E-state index contributed by atoms with van der Waals surface area (Å²) in [5.41, 5.74) is 1.41. The van der Waals surface area contributed by atoms with Crippen LogP contribution in [0, 0.1) is 18.9 Å². The summed E-state index contributed by atoms with van der Waals surface area (Å²) in [4.78, 5) is 0. The maximum absolute atomic E-state index is 3.25. The van der Waals surface area contributed by atoms with Gasteiger partial charge in [-0.15, -0.1) is 0 Å². The zero-order valence-corrected chi connectivity index (χ0v) is 11.6. The summed E-state index contributed by atoms with van der Waals surface area (Å²) in [7, 11) is 0. The molecular formula is C12H18W. The van der Waals surface area contributed by atoms with Crippen LogP contribution in [0.2, 0.25) is 0 Å². The van der Waals surface area contributed by atoms with Crippen LogP contribution in [0.4, 0.5) is 0 Å². The monoisotopic (exact) mass is 346 g/mol. The van der Waals surface area contributed by atoms with Crippen LogP contribution in [0.5, 0.6) is 0 Å². The molecule has 0 unspecified atom stereocenters. The Kier molecular flexibility index (Phi) is 11.8. The molecule has 1 aromatic rings. The van der Waals surface area contributed by atoms with Crippen molar-refractivity contribution < 1.29 is 21.1 Å². The van der Waals surface area contributed by atoms with Crippen molar-refractivity contribution in [2.75, 3.05) is 0 Å². The fourth-order valence-corrected chi connectivity index (χ4v) is 1.03. The fourth-order valence-electron chi connectivity index (χ4n) is 1.03. The third-order valence-electron chi connectivity index (χ3n) is 1.43. The topological polar surface area (TPSA) is 0 Å². The normalized spacial score (nSPS) is 8.38. The molecule has 0 saturated carbocycles. The Hall–Kier alpha value is -0.0917. The van der Waals surface area contributed by atoms with Crippen LogP contribution in [-0.4, -0.2) is 0 Å². The molecule has 0 radical (unpaired) electrons. The van der Waals surface area contributed by atoms with Gasteiger partial charge in [0.1, 0.15) is 0 Å². The summed E-state index contributed by atoms with van der Waals surface area (Å²) in [6.07, 6.45) is 1.18. The summed E-state index contributed by atoms with van der Waals surface area (Å²) < 4.78 is 0. The number of hydrogen-bond acceptors (Lipinski definition) is 0. The Bertz CT molecular complexity index is 180. The number of rotatable bonds is 2. The van der Waals surface area contributed by atoms with Gasteiger partial charge in [0.15, 0.2) is 0 Å². The zero-order valence-electron chi connectivity index (χ0n) is 8.71. The molecule has 0 bridgehead atoms. The van der Waals surface area contributed by atoms with Gasteiger partial charge < -0.3 is 6.92 Å². The van der Waals surface area contributed by atoms with E-state index in [1.54, 1.807) is 6.92 Å². The molecule has 72 valence electrons. The molecule has 0 amide bonds. The quantitative estimate of drug-likeness (QED) is 0.719. The molecule has 13 heavy (non-hydrogen) atoms. The van der Waals surface area contributed by atoms with Crippen LogP contribution >= 0.6 is 0 Å². The molecule has 0 aliphatic rings. The standard InChI is InChI=1S/C10H13.C2H5.W/c1-9(2)8-10-6-4-3-5-7-10;1-2;/h4-7,9H,8H2,1-2H3;1H2,2H3;/q2*-1;+2. The van der Waals surface area contributed by atoms with Gasteiger partial charge in [-0.1, -0.05) is 13.8 Å². The molecule has 0 saturated heterocycles. The molecule has 0 nitrogen and oxygen atoms in total. The van der Waals surface area contributed by atoms with Crippen LogP contribution in [0.15, 0.2) is 24.3 Å². The van der Waals surface area contributed by atoms with E-state index in [1.807, 2.05) is 12.1 Å². The van der Waals surface area contributed by atoms with E-state index in [1.165, 1.54) is 12.0 Å². The zero-order chi connectivity index (χ0) is 9.40. The van der Waals surface area contributed by atoms with E-state index < -0.39 is 0 Å². The molecular weight excluding hydrogens is 328 g/mol. The van der Waals surface area contributed by atoms with E-state index in [2.05, 4.69) is 39.0 Å². The molecule has 0 aromatic heterocycles. The predicted molar refractivity (Wildman–Crippen MR) is 54.9 cm³/mol. The molecule has 0 aliphatic heterocycles. The van der Waals surface area contributed by atoms with Crippen molar-refractivity contribution in [2.24, 2.45) is 5.92 Å². The molecule has 0 fully saturated rings. The van der Waals surface area contributed by atoms with Gasteiger partial charge in [0, 0.05) is 0 Å². The molecule has 0 N–H and O–H groups in total. The Morgan fingerprint density at radius 1 is 1.23 bits per heavy atom. The Labute approximate surface area is 97.0 Å². The van der Waals surface area contributed by atoms with Gasteiger partial charge >= 0.3 is 21.1 Å². The van der Waals surface area contributed by atoms with Gasteiger partial charge in [-0.05, 0) is 12.3 Å². The van der Waals surface area contributed by atoms with Crippen LogP contribution in [0.25, 0.3) is 0 Å². The van der Waals surface area contributed by atoms with Gasteiger partial charge in [-0.25, -0.2) is 0 Å². The minimum Gasteiger partial charge on any atom is -0.346 e. The fraction of sp³-hybridized carbons (Fsp3) is 0.417. The maximum Gasteiger partial charge on any atom is 2.00 e. The van der Waals surface area contributed by atoms with Crippen LogP contribution in [0.1, 0.15) is 26.3 Å². The third-order valence-corrected chi connectivity index (χ3v) is 1.43. The first-order valence-corrected chi connectivity index (χ1v) is 4.44. The van der Waals surface area contributed by atoms with Crippen LogP contribution < -0.4 is 0 Å². The van der Waals surface area contributed by atoms with Crippen LogP contribution in [-0.2, 0) is 27.5 Å². The summed E-state index contributed by atoms with van der Waals surface area (Å²) in [5, 5.41) is 0. The van der Waals surface area contributed by atoms with Gasteiger partial charge in [-0.3, -0.25) is 0 Å². The largest absolute Gasteiger partial charge is 2.00 e. The smallest absolute Gasteiger partial charge is 0.346 e. The molecule has 0 atom stereocenters. The van der Waals surface area contributed by atoms with E-state index >= 15 is 0 Å². The van der Waals surface area contributed by atoms with Crippen molar-refractivity contribution in [3.8, 4) is 0 Å². The van der Waals surface area contributed by atoms with Crippen molar-refractivity contribution >= 4 is 0 Å². The van der Waals surface area contributed by atoms with Crippen LogP contribution in [0.3, 0.4) is 0 Å². The molecule has 0 spiro atoms. The SMILES string of the molecule is CC(C)Cc1cc[c-]cc1.[CH2-]C.[W+2]. The van der Waals surface area contributed by atoms with Gasteiger partial charge in [0.05, 0.1) is 0 Å². The molecule has 1 rings (SSSR count). The first-order valence-electron chi connectivity index (χ1n) is 4.44. The number of benzene rings is 1. The van der Waals surface area contributed by atoms with E-state index in [4.69, 9.17) is 0 Å². The average molecular weight is 346 g/mol. The van der Waals surface area contributed by atoms with Crippen molar-refractivity contribution in [3.05, 3.63) is 42.8 Å². The minimum absolute atomic E-state index is 0. The molecule has 1 heteroatoms. The van der Waals surface area contributed by atoms with Gasteiger partial charge in [0.25, 0.3) is 0 Å². The van der Waals surface area contributed by atoms with E-state index in [0.29, 0.717) is 0 Å². The Balaban J connectivity index is 0.